The van der Waals surface area contributed by atoms with Crippen molar-refractivity contribution in [2.75, 3.05) is 20.1 Å². The summed E-state index contributed by atoms with van der Waals surface area (Å²) in [6.07, 6.45) is 4.58. The third kappa shape index (κ3) is 4.48. The van der Waals surface area contributed by atoms with Crippen LogP contribution in [0.5, 0.6) is 0 Å². The van der Waals surface area contributed by atoms with Crippen LogP contribution in [0.2, 0.25) is 0 Å². The summed E-state index contributed by atoms with van der Waals surface area (Å²) in [5.74, 6) is -0.115. The maximum atomic E-state index is 12.1. The van der Waals surface area contributed by atoms with E-state index in [0.29, 0.717) is 12.1 Å². The quantitative estimate of drug-likeness (QED) is 0.895. The van der Waals surface area contributed by atoms with Gasteiger partial charge in [-0.1, -0.05) is 25.0 Å². The van der Waals surface area contributed by atoms with Gasteiger partial charge in [0.2, 0.25) is 0 Å². The van der Waals surface area contributed by atoms with Gasteiger partial charge in [-0.3, -0.25) is 4.79 Å². The molecule has 1 aromatic rings. The normalized spacial score (nSPS) is 15.2. The zero-order chi connectivity index (χ0) is 15.1. The second-order valence-electron chi connectivity index (χ2n) is 5.34. The Balaban J connectivity index is 1.90. The first-order valence-electron chi connectivity index (χ1n) is 7.54. The van der Waals surface area contributed by atoms with E-state index in [1.54, 1.807) is 13.1 Å². The average molecular weight is 289 g/mol. The molecule has 1 aliphatic rings. The summed E-state index contributed by atoms with van der Waals surface area (Å²) in [5, 5.41) is 5.53. The van der Waals surface area contributed by atoms with Gasteiger partial charge in [0.25, 0.3) is 5.91 Å². The van der Waals surface area contributed by atoms with Gasteiger partial charge in [0.05, 0.1) is 0 Å². The van der Waals surface area contributed by atoms with Crippen LogP contribution in [-0.2, 0) is 6.54 Å². The fraction of sp³-hybridized carbons (Fsp3) is 0.500. The first-order valence-corrected chi connectivity index (χ1v) is 7.54. The number of carbonyl (C=O) groups excluding carboxylic acids is 2. The van der Waals surface area contributed by atoms with Gasteiger partial charge in [-0.05, 0) is 30.5 Å². The van der Waals surface area contributed by atoms with Crippen molar-refractivity contribution in [2.45, 2.75) is 32.2 Å². The molecule has 5 heteroatoms. The lowest BCUT2D eigenvalue weighted by atomic mass is 10.1. The summed E-state index contributed by atoms with van der Waals surface area (Å²) < 4.78 is 0. The largest absolute Gasteiger partial charge is 0.355 e. The van der Waals surface area contributed by atoms with Crippen molar-refractivity contribution in [1.29, 1.82) is 0 Å². The Bertz CT molecular complexity index is 494. The lowest BCUT2D eigenvalue weighted by molar-refractivity contribution is 0.0963. The molecule has 114 valence electrons. The first-order chi connectivity index (χ1) is 10.2. The van der Waals surface area contributed by atoms with E-state index >= 15 is 0 Å². The molecule has 0 atom stereocenters. The van der Waals surface area contributed by atoms with Crippen molar-refractivity contribution >= 4 is 11.9 Å². The van der Waals surface area contributed by atoms with Gasteiger partial charge < -0.3 is 15.5 Å². The van der Waals surface area contributed by atoms with E-state index in [1.807, 2.05) is 23.1 Å². The van der Waals surface area contributed by atoms with Crippen LogP contribution >= 0.6 is 0 Å². The zero-order valence-electron chi connectivity index (χ0n) is 12.5. The van der Waals surface area contributed by atoms with Crippen molar-refractivity contribution in [3.05, 3.63) is 35.4 Å². The van der Waals surface area contributed by atoms with Crippen LogP contribution in [0, 0.1) is 0 Å². The molecule has 21 heavy (non-hydrogen) atoms. The summed E-state index contributed by atoms with van der Waals surface area (Å²) in [7, 11) is 1.61. The van der Waals surface area contributed by atoms with Crippen molar-refractivity contribution in [3.63, 3.8) is 0 Å². The lowest BCUT2D eigenvalue weighted by Gasteiger charge is -2.20. The van der Waals surface area contributed by atoms with E-state index in [2.05, 4.69) is 10.6 Å². The van der Waals surface area contributed by atoms with Crippen molar-refractivity contribution in [1.82, 2.24) is 15.5 Å². The van der Waals surface area contributed by atoms with E-state index < -0.39 is 0 Å². The molecule has 1 saturated heterocycles. The molecule has 0 aliphatic carbocycles. The maximum Gasteiger partial charge on any atom is 0.317 e. The van der Waals surface area contributed by atoms with E-state index in [0.717, 1.165) is 31.5 Å². The number of nitrogens with one attached hydrogen (secondary N) is 2. The number of amides is 3. The third-order valence-electron chi connectivity index (χ3n) is 3.75. The highest BCUT2D eigenvalue weighted by Crippen LogP contribution is 2.10. The molecule has 3 amide bonds. The number of hydrogen-bond acceptors (Lipinski definition) is 2. The Hall–Kier alpha value is -2.04. The maximum absolute atomic E-state index is 12.1. The number of rotatable bonds is 3. The Morgan fingerprint density at radius 2 is 1.86 bits per heavy atom. The van der Waals surface area contributed by atoms with E-state index in [1.165, 1.54) is 12.8 Å². The van der Waals surface area contributed by atoms with Crippen LogP contribution in [0.15, 0.2) is 24.3 Å². The smallest absolute Gasteiger partial charge is 0.317 e. The molecular weight excluding hydrogens is 266 g/mol. The van der Waals surface area contributed by atoms with Gasteiger partial charge in [-0.2, -0.15) is 0 Å². The van der Waals surface area contributed by atoms with Crippen LogP contribution in [-0.4, -0.2) is 37.0 Å². The fourth-order valence-corrected chi connectivity index (χ4v) is 2.53. The van der Waals surface area contributed by atoms with Gasteiger partial charge in [-0.25, -0.2) is 4.79 Å². The van der Waals surface area contributed by atoms with E-state index in [-0.39, 0.29) is 11.9 Å². The number of likely N-dealkylation sites (tertiary alicyclic amines) is 1. The summed E-state index contributed by atoms with van der Waals surface area (Å²) in [5.41, 5.74) is 1.54. The van der Waals surface area contributed by atoms with Crippen molar-refractivity contribution < 1.29 is 9.59 Å². The number of nitrogens with zero attached hydrogens (tertiary/aromatic N) is 1. The highest BCUT2D eigenvalue weighted by Gasteiger charge is 2.14. The number of benzene rings is 1. The molecule has 1 aromatic carbocycles. The minimum atomic E-state index is -0.115. The fourth-order valence-electron chi connectivity index (χ4n) is 2.53. The topological polar surface area (TPSA) is 61.4 Å². The van der Waals surface area contributed by atoms with E-state index in [9.17, 15) is 9.59 Å². The number of urea groups is 1. The molecule has 0 unspecified atom stereocenters. The highest BCUT2D eigenvalue weighted by atomic mass is 16.2. The molecule has 5 nitrogen and oxygen atoms in total. The number of carbonyl (C=O) groups is 2. The molecule has 0 saturated carbocycles. The predicted octanol–water partition coefficient (Wildman–Crippen LogP) is 2.13. The molecule has 2 rings (SSSR count). The van der Waals surface area contributed by atoms with Gasteiger partial charge in [0, 0.05) is 32.2 Å². The molecule has 1 fully saturated rings. The van der Waals surface area contributed by atoms with E-state index in [4.69, 9.17) is 0 Å². The second kappa shape index (κ2) is 7.67. The molecule has 0 spiro atoms. The standard InChI is InChI=1S/C16H23N3O2/c1-17-15(20)14-8-6-7-13(11-14)12-18-16(21)19-9-4-2-3-5-10-19/h6-8,11H,2-5,9-10,12H2,1H3,(H,17,20)(H,18,21). The zero-order valence-corrected chi connectivity index (χ0v) is 12.5. The summed E-state index contributed by atoms with van der Waals surface area (Å²) >= 11 is 0. The lowest BCUT2D eigenvalue weighted by Crippen LogP contribution is -2.40. The monoisotopic (exact) mass is 289 g/mol. The number of hydrogen-bond donors (Lipinski definition) is 2. The predicted molar refractivity (Wildman–Crippen MR) is 82.1 cm³/mol. The second-order valence-corrected chi connectivity index (χ2v) is 5.34. The first kappa shape index (κ1) is 15.4. The summed E-state index contributed by atoms with van der Waals surface area (Å²) in [6, 6.07) is 7.30. The third-order valence-corrected chi connectivity index (χ3v) is 3.75. The van der Waals surface area contributed by atoms with Gasteiger partial charge in [0.1, 0.15) is 0 Å². The van der Waals surface area contributed by atoms with Gasteiger partial charge in [-0.15, -0.1) is 0 Å². The summed E-state index contributed by atoms with van der Waals surface area (Å²) in [6.45, 7) is 2.12. The van der Waals surface area contributed by atoms with Crippen LogP contribution in [0.25, 0.3) is 0 Å². The van der Waals surface area contributed by atoms with Crippen LogP contribution in [0.1, 0.15) is 41.6 Å². The van der Waals surface area contributed by atoms with Crippen LogP contribution in [0.3, 0.4) is 0 Å². The molecule has 0 radical (unpaired) electrons. The molecule has 0 bridgehead atoms. The van der Waals surface area contributed by atoms with Crippen molar-refractivity contribution in [3.8, 4) is 0 Å². The molecular formula is C16H23N3O2. The Morgan fingerprint density at radius 1 is 1.14 bits per heavy atom. The molecule has 1 heterocycles. The molecule has 0 aromatic heterocycles. The van der Waals surface area contributed by atoms with Gasteiger partial charge >= 0.3 is 6.03 Å². The SMILES string of the molecule is CNC(=O)c1cccc(CNC(=O)N2CCCCCC2)c1. The Kier molecular flexibility index (Phi) is 5.60. The van der Waals surface area contributed by atoms with Crippen LogP contribution < -0.4 is 10.6 Å². The summed E-state index contributed by atoms with van der Waals surface area (Å²) in [4.78, 5) is 25.6. The van der Waals surface area contributed by atoms with Crippen molar-refractivity contribution in [2.24, 2.45) is 0 Å². The minimum Gasteiger partial charge on any atom is -0.355 e. The average Bonchev–Trinajstić information content (AvgIpc) is 2.81. The Morgan fingerprint density at radius 3 is 2.52 bits per heavy atom. The minimum absolute atomic E-state index is 0.0118. The Labute approximate surface area is 125 Å². The molecule has 1 aliphatic heterocycles. The van der Waals surface area contributed by atoms with Gasteiger partial charge in [0.15, 0.2) is 0 Å². The highest BCUT2D eigenvalue weighted by molar-refractivity contribution is 5.94. The van der Waals surface area contributed by atoms with Crippen LogP contribution in [0.4, 0.5) is 4.79 Å². The molecule has 2 N–H and O–H groups in total.